The fourth-order valence-corrected chi connectivity index (χ4v) is 2.47. The van der Waals surface area contributed by atoms with Crippen LogP contribution < -0.4 is 10.6 Å². The smallest absolute Gasteiger partial charge is 0.252 e. The molecule has 1 heterocycles. The minimum absolute atomic E-state index is 0.0470. The summed E-state index contributed by atoms with van der Waals surface area (Å²) in [6, 6.07) is 14.1. The first-order valence-corrected chi connectivity index (χ1v) is 8.81. The van der Waals surface area contributed by atoms with Gasteiger partial charge < -0.3 is 10.6 Å². The lowest BCUT2D eigenvalue weighted by atomic mass is 10.1. The number of unbranched alkanes of at least 4 members (excludes halogenated alkanes) is 2. The van der Waals surface area contributed by atoms with Crippen LogP contribution >= 0.6 is 0 Å². The van der Waals surface area contributed by atoms with Crippen molar-refractivity contribution in [2.45, 2.75) is 39.0 Å². The van der Waals surface area contributed by atoms with Gasteiger partial charge in [0.25, 0.3) is 5.91 Å². The van der Waals surface area contributed by atoms with Gasteiger partial charge in [-0.05, 0) is 37.0 Å². The molecule has 0 radical (unpaired) electrons. The number of amides is 1. The van der Waals surface area contributed by atoms with E-state index in [1.54, 1.807) is 6.20 Å². The molecule has 0 spiro atoms. The zero-order valence-corrected chi connectivity index (χ0v) is 14.4. The SMILES string of the molecule is CCCCCNC(=O)c1ccc(NCCCc2ccccc2)nc1. The van der Waals surface area contributed by atoms with Gasteiger partial charge in [-0.2, -0.15) is 0 Å². The lowest BCUT2D eigenvalue weighted by molar-refractivity contribution is 0.0952. The zero-order chi connectivity index (χ0) is 17.0. The van der Waals surface area contributed by atoms with E-state index in [0.29, 0.717) is 5.56 Å². The van der Waals surface area contributed by atoms with Crippen LogP contribution in [0.5, 0.6) is 0 Å². The van der Waals surface area contributed by atoms with Crippen molar-refractivity contribution >= 4 is 11.7 Å². The number of hydrogen-bond donors (Lipinski definition) is 2. The fourth-order valence-electron chi connectivity index (χ4n) is 2.47. The van der Waals surface area contributed by atoms with Crippen LogP contribution in [0.2, 0.25) is 0 Å². The molecule has 2 aromatic rings. The normalized spacial score (nSPS) is 10.4. The Morgan fingerprint density at radius 2 is 1.83 bits per heavy atom. The summed E-state index contributed by atoms with van der Waals surface area (Å²) in [4.78, 5) is 16.3. The van der Waals surface area contributed by atoms with Crippen LogP contribution in [0.4, 0.5) is 5.82 Å². The zero-order valence-electron chi connectivity index (χ0n) is 14.4. The third kappa shape index (κ3) is 6.41. The quantitative estimate of drug-likeness (QED) is 0.648. The minimum Gasteiger partial charge on any atom is -0.370 e. The number of carbonyl (C=O) groups is 1. The van der Waals surface area contributed by atoms with E-state index in [9.17, 15) is 4.79 Å². The van der Waals surface area contributed by atoms with E-state index >= 15 is 0 Å². The van der Waals surface area contributed by atoms with Crippen LogP contribution in [0.3, 0.4) is 0 Å². The monoisotopic (exact) mass is 325 g/mol. The lowest BCUT2D eigenvalue weighted by Crippen LogP contribution is -2.24. The standard InChI is InChI=1S/C20H27N3O/c1-2-3-7-14-22-20(24)18-12-13-19(23-16-18)21-15-8-11-17-9-5-4-6-10-17/h4-6,9-10,12-13,16H,2-3,7-8,11,14-15H2,1H3,(H,21,23)(H,22,24). The van der Waals surface area contributed by atoms with Gasteiger partial charge in [0.15, 0.2) is 0 Å². The van der Waals surface area contributed by atoms with Gasteiger partial charge in [-0.1, -0.05) is 50.1 Å². The fraction of sp³-hybridized carbons (Fsp3) is 0.400. The number of pyridine rings is 1. The van der Waals surface area contributed by atoms with Crippen molar-refractivity contribution in [3.05, 3.63) is 59.8 Å². The van der Waals surface area contributed by atoms with Crippen LogP contribution in [-0.2, 0) is 6.42 Å². The molecule has 1 amide bonds. The molecule has 4 heteroatoms. The van der Waals surface area contributed by atoms with Gasteiger partial charge in [-0.25, -0.2) is 4.98 Å². The van der Waals surface area contributed by atoms with Crippen molar-refractivity contribution in [2.24, 2.45) is 0 Å². The molecule has 0 bridgehead atoms. The van der Waals surface area contributed by atoms with Gasteiger partial charge in [-0.15, -0.1) is 0 Å². The van der Waals surface area contributed by atoms with Gasteiger partial charge in [0.1, 0.15) is 5.82 Å². The van der Waals surface area contributed by atoms with Crippen LogP contribution in [0.15, 0.2) is 48.7 Å². The van der Waals surface area contributed by atoms with E-state index < -0.39 is 0 Å². The molecule has 0 fully saturated rings. The van der Waals surface area contributed by atoms with Gasteiger partial charge in [-0.3, -0.25) is 4.79 Å². The van der Waals surface area contributed by atoms with E-state index in [2.05, 4.69) is 46.8 Å². The highest BCUT2D eigenvalue weighted by Gasteiger charge is 2.05. The molecule has 2 N–H and O–H groups in total. The lowest BCUT2D eigenvalue weighted by Gasteiger charge is -2.07. The van der Waals surface area contributed by atoms with E-state index in [4.69, 9.17) is 0 Å². The molecule has 24 heavy (non-hydrogen) atoms. The number of nitrogens with zero attached hydrogens (tertiary/aromatic N) is 1. The first-order chi connectivity index (χ1) is 11.8. The van der Waals surface area contributed by atoms with Crippen molar-refractivity contribution in [1.29, 1.82) is 0 Å². The summed E-state index contributed by atoms with van der Waals surface area (Å²) in [6.07, 6.45) is 7.05. The predicted molar refractivity (Wildman–Crippen MR) is 99.3 cm³/mol. The molecule has 0 saturated carbocycles. The van der Waals surface area contributed by atoms with E-state index in [1.165, 1.54) is 5.56 Å². The second-order valence-electron chi connectivity index (χ2n) is 5.91. The molecule has 4 nitrogen and oxygen atoms in total. The highest BCUT2D eigenvalue weighted by Crippen LogP contribution is 2.07. The summed E-state index contributed by atoms with van der Waals surface area (Å²) in [6.45, 7) is 3.74. The van der Waals surface area contributed by atoms with E-state index in [-0.39, 0.29) is 5.91 Å². The number of benzene rings is 1. The summed E-state index contributed by atoms with van der Waals surface area (Å²) in [5, 5.41) is 6.22. The topological polar surface area (TPSA) is 54.0 Å². The van der Waals surface area contributed by atoms with Crippen molar-refractivity contribution in [1.82, 2.24) is 10.3 Å². The molecule has 0 atom stereocenters. The van der Waals surface area contributed by atoms with Gasteiger partial charge in [0, 0.05) is 19.3 Å². The average Bonchev–Trinajstić information content (AvgIpc) is 2.63. The molecule has 0 aliphatic rings. The molecule has 0 unspecified atom stereocenters. The van der Waals surface area contributed by atoms with Gasteiger partial charge >= 0.3 is 0 Å². The van der Waals surface area contributed by atoms with Gasteiger partial charge in [0.2, 0.25) is 0 Å². The first-order valence-electron chi connectivity index (χ1n) is 8.81. The van der Waals surface area contributed by atoms with Crippen molar-refractivity contribution < 1.29 is 4.79 Å². The second kappa shape index (κ2) is 10.4. The van der Waals surface area contributed by atoms with Crippen LogP contribution in [0.1, 0.15) is 48.5 Å². The third-order valence-corrected chi connectivity index (χ3v) is 3.88. The molecule has 0 aliphatic heterocycles. The van der Waals surface area contributed by atoms with E-state index in [1.807, 2.05) is 18.2 Å². The maximum absolute atomic E-state index is 12.0. The Hall–Kier alpha value is -2.36. The Morgan fingerprint density at radius 1 is 1.00 bits per heavy atom. The predicted octanol–water partition coefficient (Wildman–Crippen LogP) is 4.05. The van der Waals surface area contributed by atoms with Crippen molar-refractivity contribution in [3.63, 3.8) is 0 Å². The highest BCUT2D eigenvalue weighted by molar-refractivity contribution is 5.94. The largest absolute Gasteiger partial charge is 0.370 e. The molecule has 0 aliphatic carbocycles. The Bertz CT molecular complexity index is 596. The third-order valence-electron chi connectivity index (χ3n) is 3.88. The van der Waals surface area contributed by atoms with Crippen LogP contribution in [-0.4, -0.2) is 24.0 Å². The maximum Gasteiger partial charge on any atom is 0.252 e. The summed E-state index contributed by atoms with van der Waals surface area (Å²) in [5.41, 5.74) is 1.96. The van der Waals surface area contributed by atoms with Crippen LogP contribution in [0, 0.1) is 0 Å². The van der Waals surface area contributed by atoms with Crippen LogP contribution in [0.25, 0.3) is 0 Å². The Morgan fingerprint density at radius 3 is 2.54 bits per heavy atom. The number of nitrogens with one attached hydrogen (secondary N) is 2. The minimum atomic E-state index is -0.0470. The highest BCUT2D eigenvalue weighted by atomic mass is 16.1. The summed E-state index contributed by atoms with van der Waals surface area (Å²) < 4.78 is 0. The average molecular weight is 325 g/mol. The molecular formula is C20H27N3O. The Labute approximate surface area is 144 Å². The number of aryl methyl sites for hydroxylation is 1. The summed E-state index contributed by atoms with van der Waals surface area (Å²) in [5.74, 6) is 0.764. The van der Waals surface area contributed by atoms with Crippen molar-refractivity contribution in [3.8, 4) is 0 Å². The summed E-state index contributed by atoms with van der Waals surface area (Å²) in [7, 11) is 0. The first kappa shape index (κ1) is 18.0. The molecular weight excluding hydrogens is 298 g/mol. The molecule has 1 aromatic carbocycles. The molecule has 1 aromatic heterocycles. The second-order valence-corrected chi connectivity index (χ2v) is 5.91. The van der Waals surface area contributed by atoms with Gasteiger partial charge in [0.05, 0.1) is 5.56 Å². The number of aromatic nitrogens is 1. The maximum atomic E-state index is 12.0. The molecule has 128 valence electrons. The molecule has 0 saturated heterocycles. The Balaban J connectivity index is 1.68. The Kier molecular flexibility index (Phi) is 7.81. The molecule has 2 rings (SSSR count). The van der Waals surface area contributed by atoms with E-state index in [0.717, 1.165) is 51.0 Å². The van der Waals surface area contributed by atoms with Crippen molar-refractivity contribution in [2.75, 3.05) is 18.4 Å². The number of hydrogen-bond acceptors (Lipinski definition) is 3. The number of rotatable bonds is 10. The summed E-state index contributed by atoms with van der Waals surface area (Å²) >= 11 is 0. The number of anilines is 1. The number of carbonyl (C=O) groups excluding carboxylic acids is 1.